The van der Waals surface area contributed by atoms with Gasteiger partial charge in [0.25, 0.3) is 5.91 Å². The molecule has 0 aliphatic carbocycles. The van der Waals surface area contributed by atoms with Crippen molar-refractivity contribution in [1.82, 2.24) is 10.2 Å². The van der Waals surface area contributed by atoms with Crippen LogP contribution in [0.2, 0.25) is 0 Å². The minimum Gasteiger partial charge on any atom is -0.496 e. The summed E-state index contributed by atoms with van der Waals surface area (Å²) in [5.74, 6) is 1.01. The van der Waals surface area contributed by atoms with Crippen LogP contribution in [0.1, 0.15) is 28.8 Å². The van der Waals surface area contributed by atoms with Crippen LogP contribution < -0.4 is 15.0 Å². The molecular formula is C23H31N3O2. The van der Waals surface area contributed by atoms with Crippen molar-refractivity contribution in [1.29, 1.82) is 0 Å². The van der Waals surface area contributed by atoms with Crippen LogP contribution in [0.4, 0.5) is 5.69 Å². The molecule has 28 heavy (non-hydrogen) atoms. The van der Waals surface area contributed by atoms with Crippen molar-refractivity contribution in [3.8, 4) is 5.75 Å². The van der Waals surface area contributed by atoms with Crippen LogP contribution in [0.15, 0.2) is 48.5 Å². The zero-order valence-corrected chi connectivity index (χ0v) is 17.1. The Morgan fingerprint density at radius 3 is 2.43 bits per heavy atom. The lowest BCUT2D eigenvalue weighted by molar-refractivity contribution is 0.0827. The lowest BCUT2D eigenvalue weighted by Gasteiger charge is -2.34. The number of nitrogens with zero attached hydrogens (tertiary/aromatic N) is 2. The number of anilines is 1. The smallest absolute Gasteiger partial charge is 0.253 e. The fourth-order valence-corrected chi connectivity index (χ4v) is 3.74. The molecule has 1 aliphatic heterocycles. The Morgan fingerprint density at radius 2 is 1.79 bits per heavy atom. The van der Waals surface area contributed by atoms with Crippen molar-refractivity contribution in [2.75, 3.05) is 45.7 Å². The highest BCUT2D eigenvalue weighted by Crippen LogP contribution is 2.21. The number of benzene rings is 2. The first-order valence-electron chi connectivity index (χ1n) is 10.0. The van der Waals surface area contributed by atoms with Gasteiger partial charge in [0.05, 0.1) is 7.11 Å². The van der Waals surface area contributed by atoms with Gasteiger partial charge in [0.2, 0.25) is 0 Å². The topological polar surface area (TPSA) is 44.8 Å². The van der Waals surface area contributed by atoms with E-state index in [4.69, 9.17) is 4.74 Å². The van der Waals surface area contributed by atoms with Crippen molar-refractivity contribution in [2.24, 2.45) is 0 Å². The predicted octanol–water partition coefficient (Wildman–Crippen LogP) is 3.20. The van der Waals surface area contributed by atoms with E-state index in [1.54, 1.807) is 26.1 Å². The van der Waals surface area contributed by atoms with Gasteiger partial charge in [-0.3, -0.25) is 4.79 Å². The van der Waals surface area contributed by atoms with Gasteiger partial charge in [0.15, 0.2) is 0 Å². The second-order valence-corrected chi connectivity index (χ2v) is 7.52. The Kier molecular flexibility index (Phi) is 6.93. The lowest BCUT2D eigenvalue weighted by Crippen LogP contribution is -2.43. The van der Waals surface area contributed by atoms with E-state index in [0.29, 0.717) is 6.04 Å². The standard InChI is InChI=1S/C23H31N3O2/c1-25(2)23(27)19-8-10-21(11-9-19)26-16-13-20(14-17-26)24-15-12-18-6-4-5-7-22(18)28-3/h4-11,20,24H,12-17H2,1-3H3. The number of carbonyl (C=O) groups excluding carboxylic acids is 1. The molecule has 0 saturated carbocycles. The van der Waals surface area contributed by atoms with Gasteiger partial charge in [-0.05, 0) is 61.7 Å². The van der Waals surface area contributed by atoms with E-state index in [-0.39, 0.29) is 5.91 Å². The molecule has 0 unspecified atom stereocenters. The zero-order chi connectivity index (χ0) is 19.9. The largest absolute Gasteiger partial charge is 0.496 e. The average Bonchev–Trinajstić information content (AvgIpc) is 2.74. The third kappa shape index (κ3) is 5.04. The number of hydrogen-bond acceptors (Lipinski definition) is 4. The summed E-state index contributed by atoms with van der Waals surface area (Å²) in [5, 5.41) is 3.70. The summed E-state index contributed by atoms with van der Waals surface area (Å²) in [7, 11) is 5.29. The number of para-hydroxylation sites is 1. The van der Waals surface area contributed by atoms with E-state index < -0.39 is 0 Å². The van der Waals surface area contributed by atoms with Gasteiger partial charge in [-0.15, -0.1) is 0 Å². The molecule has 1 amide bonds. The van der Waals surface area contributed by atoms with Gasteiger partial charge in [-0.1, -0.05) is 18.2 Å². The first kappa shape index (κ1) is 20.2. The molecule has 5 nitrogen and oxygen atoms in total. The summed E-state index contributed by atoms with van der Waals surface area (Å²) in [5.41, 5.74) is 3.19. The Balaban J connectivity index is 1.45. The fraction of sp³-hybridized carbons (Fsp3) is 0.435. The normalized spacial score (nSPS) is 14.8. The predicted molar refractivity (Wildman–Crippen MR) is 114 cm³/mol. The SMILES string of the molecule is COc1ccccc1CCNC1CCN(c2ccc(C(=O)N(C)C)cc2)CC1. The molecule has 2 aromatic carbocycles. The monoisotopic (exact) mass is 381 g/mol. The molecule has 1 N–H and O–H groups in total. The lowest BCUT2D eigenvalue weighted by atomic mass is 10.0. The van der Waals surface area contributed by atoms with Gasteiger partial charge in [0, 0.05) is 44.5 Å². The Morgan fingerprint density at radius 1 is 1.11 bits per heavy atom. The number of hydrogen-bond donors (Lipinski definition) is 1. The molecule has 1 heterocycles. The molecular weight excluding hydrogens is 350 g/mol. The maximum absolute atomic E-state index is 12.0. The summed E-state index contributed by atoms with van der Waals surface area (Å²) < 4.78 is 5.43. The van der Waals surface area contributed by atoms with E-state index in [2.05, 4.69) is 34.5 Å². The van der Waals surface area contributed by atoms with Crippen molar-refractivity contribution in [3.63, 3.8) is 0 Å². The number of rotatable bonds is 7. The van der Waals surface area contributed by atoms with Crippen molar-refractivity contribution < 1.29 is 9.53 Å². The second-order valence-electron chi connectivity index (χ2n) is 7.52. The van der Waals surface area contributed by atoms with Crippen LogP contribution in [0, 0.1) is 0 Å². The van der Waals surface area contributed by atoms with E-state index >= 15 is 0 Å². The molecule has 1 fully saturated rings. The summed E-state index contributed by atoms with van der Waals surface area (Å²) in [6.07, 6.45) is 3.24. The molecule has 1 aliphatic rings. The number of methoxy groups -OCH3 is 1. The number of ether oxygens (including phenoxy) is 1. The molecule has 0 aromatic heterocycles. The minimum atomic E-state index is 0.0458. The maximum atomic E-state index is 12.0. The molecule has 150 valence electrons. The summed E-state index contributed by atoms with van der Waals surface area (Å²) in [6, 6.07) is 16.8. The Hall–Kier alpha value is -2.53. The van der Waals surface area contributed by atoms with Crippen LogP contribution in [-0.4, -0.2) is 57.7 Å². The Bertz CT molecular complexity index is 766. The molecule has 5 heteroatoms. The number of amides is 1. The maximum Gasteiger partial charge on any atom is 0.253 e. The van der Waals surface area contributed by atoms with Gasteiger partial charge in [-0.2, -0.15) is 0 Å². The molecule has 3 rings (SSSR count). The molecule has 0 radical (unpaired) electrons. The first-order chi connectivity index (χ1) is 13.6. The van der Waals surface area contributed by atoms with E-state index in [9.17, 15) is 4.79 Å². The van der Waals surface area contributed by atoms with E-state index in [1.165, 1.54) is 11.3 Å². The highest BCUT2D eigenvalue weighted by molar-refractivity contribution is 5.94. The molecule has 2 aromatic rings. The van der Waals surface area contributed by atoms with Crippen molar-refractivity contribution in [3.05, 3.63) is 59.7 Å². The average molecular weight is 382 g/mol. The van der Waals surface area contributed by atoms with Crippen LogP contribution in [0.3, 0.4) is 0 Å². The van der Waals surface area contributed by atoms with E-state index in [1.807, 2.05) is 24.3 Å². The Labute approximate surface area is 168 Å². The van der Waals surface area contributed by atoms with Gasteiger partial charge < -0.3 is 19.9 Å². The highest BCUT2D eigenvalue weighted by Gasteiger charge is 2.19. The second kappa shape index (κ2) is 9.60. The van der Waals surface area contributed by atoms with Crippen molar-refractivity contribution in [2.45, 2.75) is 25.3 Å². The third-order valence-corrected chi connectivity index (χ3v) is 5.40. The van der Waals surface area contributed by atoms with Crippen molar-refractivity contribution >= 4 is 11.6 Å². The zero-order valence-electron chi connectivity index (χ0n) is 17.1. The van der Waals surface area contributed by atoms with Crippen LogP contribution in [0.25, 0.3) is 0 Å². The van der Waals surface area contributed by atoms with Gasteiger partial charge >= 0.3 is 0 Å². The highest BCUT2D eigenvalue weighted by atomic mass is 16.5. The number of nitrogens with one attached hydrogen (secondary N) is 1. The fourth-order valence-electron chi connectivity index (χ4n) is 3.74. The molecule has 0 bridgehead atoms. The van der Waals surface area contributed by atoms with Gasteiger partial charge in [-0.25, -0.2) is 0 Å². The molecule has 0 atom stereocenters. The van der Waals surface area contributed by atoms with Crippen LogP contribution >= 0.6 is 0 Å². The summed E-state index contributed by atoms with van der Waals surface area (Å²) in [6.45, 7) is 3.03. The van der Waals surface area contributed by atoms with Crippen LogP contribution in [0.5, 0.6) is 5.75 Å². The third-order valence-electron chi connectivity index (χ3n) is 5.40. The molecule has 0 spiro atoms. The number of piperidine rings is 1. The van der Waals surface area contributed by atoms with Crippen LogP contribution in [-0.2, 0) is 6.42 Å². The molecule has 1 saturated heterocycles. The first-order valence-corrected chi connectivity index (χ1v) is 10.0. The summed E-state index contributed by atoms with van der Waals surface area (Å²) >= 11 is 0. The minimum absolute atomic E-state index is 0.0458. The van der Waals surface area contributed by atoms with Gasteiger partial charge in [0.1, 0.15) is 5.75 Å². The van der Waals surface area contributed by atoms with E-state index in [0.717, 1.165) is 50.2 Å². The summed E-state index contributed by atoms with van der Waals surface area (Å²) in [4.78, 5) is 16.0. The quantitative estimate of drug-likeness (QED) is 0.800. The number of carbonyl (C=O) groups is 1.